The number of thiophene rings is 1. The number of nitrogens with zero attached hydrogens (tertiary/aromatic N) is 3. The Morgan fingerprint density at radius 3 is 2.10 bits per heavy atom. The summed E-state index contributed by atoms with van der Waals surface area (Å²) in [6.07, 6.45) is 0. The van der Waals surface area contributed by atoms with Crippen LogP contribution >= 0.6 is 11.3 Å². The highest BCUT2D eigenvalue weighted by atomic mass is 32.1. The van der Waals surface area contributed by atoms with Gasteiger partial charge in [0.15, 0.2) is 5.82 Å². The van der Waals surface area contributed by atoms with Crippen molar-refractivity contribution in [3.63, 3.8) is 0 Å². The third-order valence-corrected chi connectivity index (χ3v) is 9.98. The van der Waals surface area contributed by atoms with Crippen LogP contribution in [0.15, 0.2) is 176 Å². The summed E-state index contributed by atoms with van der Waals surface area (Å²) in [6, 6.07) is 25.7. The molecule has 0 atom stereocenters. The molecule has 0 amide bonds. The maximum atomic E-state index is 9.87. The maximum absolute atomic E-state index is 9.87. The Kier molecular flexibility index (Phi) is 4.43. The number of hydrogen-bond donors (Lipinski definition) is 0. The lowest BCUT2D eigenvalue weighted by atomic mass is 10.00. The van der Waals surface area contributed by atoms with Crippen molar-refractivity contribution in [2.24, 2.45) is 0 Å². The monoisotopic (exact) mass is 667 g/mol. The highest BCUT2D eigenvalue weighted by molar-refractivity contribution is 7.26. The molecule has 0 fully saturated rings. The third kappa shape index (κ3) is 4.73. The topological polar surface area (TPSA) is 30.7 Å². The lowest BCUT2D eigenvalue weighted by Crippen LogP contribution is -1.97. The second kappa shape index (κ2) is 11.7. The van der Waals surface area contributed by atoms with Gasteiger partial charge in [0.1, 0.15) is 0 Å². The SMILES string of the molecule is [2H]c1c([2H])c([2H])c(-n2c3c([2H])c([2H])c([2H])c([2H])c3c3c([2H])c(-c4cc(-c5cccc(-c6ccccc6)c5)nc(-c5cccc6c5sc5ccccc56)n4)c([2H])c([2H])c32)c([2H])c1[2H]. The van der Waals surface area contributed by atoms with Crippen LogP contribution in [0, 0.1) is 0 Å². The van der Waals surface area contributed by atoms with Crippen LogP contribution in [-0.2, 0) is 0 Å². The summed E-state index contributed by atoms with van der Waals surface area (Å²) in [6.45, 7) is 0. The zero-order valence-corrected chi connectivity index (χ0v) is 26.9. The Morgan fingerprint density at radius 2 is 1.20 bits per heavy atom. The fourth-order valence-electron chi connectivity index (χ4n) is 6.48. The second-order valence-corrected chi connectivity index (χ2v) is 12.7. The number of para-hydroxylation sites is 2. The lowest BCUT2D eigenvalue weighted by molar-refractivity contribution is 1.18. The van der Waals surface area contributed by atoms with E-state index in [0.29, 0.717) is 16.8 Å². The smallest absolute Gasteiger partial charge is 0.161 e. The molecular formula is C46H29N3S. The van der Waals surface area contributed by atoms with Crippen molar-refractivity contribution in [3.8, 4) is 50.7 Å². The normalized spacial score (nSPS) is 15.0. The Morgan fingerprint density at radius 1 is 0.500 bits per heavy atom. The molecule has 0 unspecified atom stereocenters. The van der Waals surface area contributed by atoms with Crippen molar-refractivity contribution in [1.29, 1.82) is 0 Å². The molecule has 0 aliphatic rings. The molecule has 10 rings (SSSR count). The van der Waals surface area contributed by atoms with E-state index in [1.54, 1.807) is 17.4 Å². The largest absolute Gasteiger partial charge is 0.309 e. The van der Waals surface area contributed by atoms with Crippen LogP contribution in [0.4, 0.5) is 0 Å². The Balaban J connectivity index is 1.33. The van der Waals surface area contributed by atoms with Crippen molar-refractivity contribution >= 4 is 53.3 Å². The number of hydrogen-bond acceptors (Lipinski definition) is 3. The molecule has 7 aromatic carbocycles. The fourth-order valence-corrected chi connectivity index (χ4v) is 7.69. The summed E-state index contributed by atoms with van der Waals surface area (Å²) in [7, 11) is 0. The van der Waals surface area contributed by atoms with E-state index in [1.807, 2.05) is 91.0 Å². The number of fused-ring (bicyclic) bond motifs is 6. The summed E-state index contributed by atoms with van der Waals surface area (Å²) in [5.41, 5.74) is 2.65. The molecule has 0 aliphatic heterocycles. The van der Waals surface area contributed by atoms with Crippen molar-refractivity contribution in [3.05, 3.63) is 176 Å². The van der Waals surface area contributed by atoms with Crippen molar-refractivity contribution < 1.29 is 16.4 Å². The molecule has 50 heavy (non-hydrogen) atoms. The van der Waals surface area contributed by atoms with E-state index in [-0.39, 0.29) is 38.9 Å². The fraction of sp³-hybridized carbons (Fsp3) is 0. The highest BCUT2D eigenvalue weighted by Crippen LogP contribution is 2.41. The minimum Gasteiger partial charge on any atom is -0.309 e. The first-order chi connectivity index (χ1) is 29.8. The van der Waals surface area contributed by atoms with Gasteiger partial charge >= 0.3 is 0 Å². The van der Waals surface area contributed by atoms with Gasteiger partial charge in [0, 0.05) is 53.3 Å². The molecule has 3 aromatic heterocycles. The molecule has 0 saturated heterocycles. The van der Waals surface area contributed by atoms with E-state index in [0.717, 1.165) is 35.9 Å². The number of aromatic nitrogens is 3. The highest BCUT2D eigenvalue weighted by Gasteiger charge is 2.18. The minimum atomic E-state index is -0.705. The third-order valence-electron chi connectivity index (χ3n) is 8.76. The van der Waals surface area contributed by atoms with Crippen molar-refractivity contribution in [2.75, 3.05) is 0 Å². The molecule has 0 aliphatic carbocycles. The van der Waals surface area contributed by atoms with E-state index in [4.69, 9.17) is 22.3 Å². The van der Waals surface area contributed by atoms with Gasteiger partial charge in [0.05, 0.1) is 38.9 Å². The average molecular weight is 668 g/mol. The molecule has 0 bridgehead atoms. The number of benzene rings is 7. The maximum Gasteiger partial charge on any atom is 0.161 e. The van der Waals surface area contributed by atoms with Crippen molar-refractivity contribution in [1.82, 2.24) is 14.5 Å². The molecule has 0 saturated carbocycles. The number of rotatable bonds is 5. The van der Waals surface area contributed by atoms with E-state index < -0.39 is 78.2 Å². The quantitative estimate of drug-likeness (QED) is 0.183. The van der Waals surface area contributed by atoms with Gasteiger partial charge < -0.3 is 4.57 Å². The molecular weight excluding hydrogens is 627 g/mol. The van der Waals surface area contributed by atoms with Crippen LogP contribution in [0.5, 0.6) is 0 Å². The van der Waals surface area contributed by atoms with Gasteiger partial charge in [-0.15, -0.1) is 11.3 Å². The standard InChI is InChI=1S/C46H29N3S/c1-3-13-30(14-4-1)31-15-11-16-32(27-31)40-29-41(48-46(47-40)38-22-12-21-37-36-20-8-10-24-44(36)50-45(37)38)33-25-26-43-39(28-33)35-19-7-9-23-42(35)49(43)34-17-5-2-6-18-34/h1-29H/i2D,5D,6D,7D,9D,17D,18D,19D,23D,25D,26D,28D. The van der Waals surface area contributed by atoms with E-state index in [1.165, 1.54) is 0 Å². The zero-order valence-electron chi connectivity index (χ0n) is 38.1. The van der Waals surface area contributed by atoms with Crippen LogP contribution in [0.1, 0.15) is 16.4 Å². The summed E-state index contributed by atoms with van der Waals surface area (Å²) >= 11 is 1.58. The Hall–Kier alpha value is -6.36. The van der Waals surface area contributed by atoms with Gasteiger partial charge in [0.2, 0.25) is 0 Å². The Labute approximate surface area is 310 Å². The predicted octanol–water partition coefficient (Wildman–Crippen LogP) is 12.6. The Bertz CT molecular complexity index is 3540. The van der Waals surface area contributed by atoms with Gasteiger partial charge in [-0.05, 0) is 65.6 Å². The first kappa shape index (κ1) is 19.0. The first-order valence-corrected chi connectivity index (χ1v) is 16.7. The second-order valence-electron chi connectivity index (χ2n) is 11.7. The first-order valence-electron chi connectivity index (χ1n) is 21.9. The van der Waals surface area contributed by atoms with Crippen LogP contribution in [0.25, 0.3) is 92.7 Å². The average Bonchev–Trinajstić information content (AvgIpc) is 3.86. The lowest BCUT2D eigenvalue weighted by Gasteiger charge is -2.12. The molecule has 3 heterocycles. The van der Waals surface area contributed by atoms with Gasteiger partial charge in [-0.3, -0.25) is 0 Å². The van der Waals surface area contributed by atoms with E-state index >= 15 is 0 Å². The molecule has 0 N–H and O–H groups in total. The van der Waals surface area contributed by atoms with Gasteiger partial charge in [-0.2, -0.15) is 0 Å². The summed E-state index contributed by atoms with van der Waals surface area (Å²) in [4.78, 5) is 10.1. The van der Waals surface area contributed by atoms with E-state index in [9.17, 15) is 4.11 Å². The summed E-state index contributed by atoms with van der Waals surface area (Å²) < 4.78 is 110. The molecule has 4 heteroatoms. The van der Waals surface area contributed by atoms with Crippen LogP contribution in [0.3, 0.4) is 0 Å². The molecule has 3 nitrogen and oxygen atoms in total. The van der Waals surface area contributed by atoms with Gasteiger partial charge in [-0.1, -0.05) is 121 Å². The summed E-state index contributed by atoms with van der Waals surface area (Å²) in [5.74, 6) is 0.286. The molecule has 234 valence electrons. The van der Waals surface area contributed by atoms with Gasteiger partial charge in [-0.25, -0.2) is 9.97 Å². The van der Waals surface area contributed by atoms with E-state index in [2.05, 4.69) is 6.07 Å². The summed E-state index contributed by atoms with van der Waals surface area (Å²) in [5, 5.41) is 1.68. The minimum absolute atomic E-state index is 0.100. The molecule has 0 radical (unpaired) electrons. The zero-order chi connectivity index (χ0) is 43.5. The van der Waals surface area contributed by atoms with Crippen LogP contribution in [-0.4, -0.2) is 14.5 Å². The van der Waals surface area contributed by atoms with Crippen LogP contribution in [0.2, 0.25) is 0 Å². The molecule has 10 aromatic rings. The van der Waals surface area contributed by atoms with Gasteiger partial charge in [0.25, 0.3) is 0 Å². The van der Waals surface area contributed by atoms with Crippen LogP contribution < -0.4 is 0 Å². The predicted molar refractivity (Wildman–Crippen MR) is 211 cm³/mol. The van der Waals surface area contributed by atoms with Crippen molar-refractivity contribution in [2.45, 2.75) is 0 Å². The molecule has 0 spiro atoms.